The van der Waals surface area contributed by atoms with Gasteiger partial charge in [0.05, 0.1) is 36.9 Å². The molecule has 0 aromatic carbocycles. The molecule has 2 rings (SSSR count). The van der Waals surface area contributed by atoms with Gasteiger partial charge in [-0.3, -0.25) is 4.79 Å². The summed E-state index contributed by atoms with van der Waals surface area (Å²) in [5.74, 6) is 0.0876. The molecule has 0 saturated carbocycles. The topological polar surface area (TPSA) is 70.7 Å². The van der Waals surface area contributed by atoms with Gasteiger partial charge >= 0.3 is 12.1 Å². The first-order chi connectivity index (χ1) is 11.4. The molecular formula is C12H20F4N6O3. The van der Waals surface area contributed by atoms with Crippen LogP contribution in [0.15, 0.2) is 0 Å². The van der Waals surface area contributed by atoms with Gasteiger partial charge in [-0.05, 0) is 0 Å². The van der Waals surface area contributed by atoms with Gasteiger partial charge in [-0.2, -0.15) is 0 Å². The van der Waals surface area contributed by atoms with Gasteiger partial charge in [0.25, 0.3) is 0 Å². The fourth-order valence-corrected chi connectivity index (χ4v) is 2.51. The molecule has 0 radical (unpaired) electrons. The van der Waals surface area contributed by atoms with Crippen LogP contribution in [0.5, 0.6) is 0 Å². The van der Waals surface area contributed by atoms with Crippen LogP contribution in [0.4, 0.5) is 27.5 Å². The molecule has 0 aromatic heterocycles. The van der Waals surface area contributed by atoms with Crippen LogP contribution < -0.4 is 0 Å². The number of carbonyl (C=O) groups excluding carboxylic acids is 3. The average molecular weight is 372 g/mol. The van der Waals surface area contributed by atoms with Crippen LogP contribution in [-0.4, -0.2) is 108 Å². The second-order valence-corrected chi connectivity index (χ2v) is 5.98. The third-order valence-electron chi connectivity index (χ3n) is 3.74. The lowest BCUT2D eigenvalue weighted by Gasteiger charge is -2.43. The van der Waals surface area contributed by atoms with E-state index in [1.165, 1.54) is 23.9 Å². The van der Waals surface area contributed by atoms with Gasteiger partial charge < -0.3 is 19.6 Å². The van der Waals surface area contributed by atoms with Crippen molar-refractivity contribution in [1.82, 2.24) is 30.3 Å². The molecule has 13 heteroatoms. The molecule has 4 amide bonds. The molecule has 2 heterocycles. The van der Waals surface area contributed by atoms with Crippen LogP contribution in [0.25, 0.3) is 0 Å². The summed E-state index contributed by atoms with van der Waals surface area (Å²) in [7, 11) is 5.60. The Kier molecular flexibility index (Phi) is 6.54. The Hall–Kier alpha value is -2.15. The molecule has 25 heavy (non-hydrogen) atoms. The number of hydrogen-bond donors (Lipinski definition) is 0. The molecule has 2 fully saturated rings. The highest BCUT2D eigenvalue weighted by Gasteiger charge is 2.53. The van der Waals surface area contributed by atoms with E-state index in [-0.39, 0.29) is 24.9 Å². The zero-order valence-corrected chi connectivity index (χ0v) is 14.2. The van der Waals surface area contributed by atoms with Gasteiger partial charge in [0.1, 0.15) is 0 Å². The van der Waals surface area contributed by atoms with E-state index >= 15 is 0 Å². The van der Waals surface area contributed by atoms with Crippen LogP contribution in [0.2, 0.25) is 0 Å². The lowest BCUT2D eigenvalue weighted by molar-refractivity contribution is -0.377. The Morgan fingerprint density at radius 2 is 1.04 bits per heavy atom. The quantitative estimate of drug-likeness (QED) is 0.398. The lowest BCUT2D eigenvalue weighted by Crippen LogP contribution is -2.68. The third-order valence-corrected chi connectivity index (χ3v) is 3.74. The van der Waals surface area contributed by atoms with Crippen molar-refractivity contribution in [2.24, 2.45) is 0 Å². The first-order valence-electron chi connectivity index (χ1n) is 7.10. The van der Waals surface area contributed by atoms with Gasteiger partial charge in [0.2, 0.25) is 5.66 Å². The highest BCUT2D eigenvalue weighted by atomic mass is 19.4. The van der Waals surface area contributed by atoms with Crippen molar-refractivity contribution in [2.45, 2.75) is 5.66 Å². The molecule has 0 unspecified atom stereocenters. The van der Waals surface area contributed by atoms with E-state index in [0.29, 0.717) is 0 Å². The standard InChI is InChI=1S/C6H10F4N4O.C6H10N2O2/c1-11-3-6(13(7)8,14(9)10)4-12(2)5(11)15;1-7-3-5(9)4-8(2)6(7)10/h3-4H2,1-2H3;3-4H2,1-2H3. The maximum absolute atomic E-state index is 12.4. The summed E-state index contributed by atoms with van der Waals surface area (Å²) >= 11 is 0. The van der Waals surface area contributed by atoms with Gasteiger partial charge in [0.15, 0.2) is 5.78 Å². The number of rotatable bonds is 2. The number of ketones is 1. The molecule has 2 aliphatic heterocycles. The SMILES string of the molecule is CN1CC(=O)CN(C)C1=O.CN1CC(N(F)F)(N(F)F)CN(C)C1=O. The van der Waals surface area contributed by atoms with Crippen LogP contribution in [0, 0.1) is 0 Å². The summed E-state index contributed by atoms with van der Waals surface area (Å²) in [6.07, 6.45) is 0. The van der Waals surface area contributed by atoms with Gasteiger partial charge in [-0.15, -0.1) is 0 Å². The van der Waals surface area contributed by atoms with E-state index < -0.39 is 35.5 Å². The molecule has 144 valence electrons. The summed E-state index contributed by atoms with van der Waals surface area (Å²) in [6, 6.07) is -0.658. The molecule has 2 aliphatic rings. The van der Waals surface area contributed by atoms with Crippen molar-refractivity contribution < 1.29 is 32.3 Å². The zero-order chi connectivity index (χ0) is 19.5. The van der Waals surface area contributed by atoms with Crippen LogP contribution in [-0.2, 0) is 4.79 Å². The van der Waals surface area contributed by atoms with E-state index in [0.717, 1.165) is 9.80 Å². The zero-order valence-electron chi connectivity index (χ0n) is 14.2. The average Bonchev–Trinajstić information content (AvgIpc) is 2.49. The normalized spacial score (nSPS) is 21.1. The number of nitrogens with zero attached hydrogens (tertiary/aromatic N) is 6. The Balaban J connectivity index is 0.000000271. The van der Waals surface area contributed by atoms with Crippen molar-refractivity contribution >= 4 is 17.8 Å². The molecule has 0 atom stereocenters. The van der Waals surface area contributed by atoms with E-state index in [1.54, 1.807) is 14.1 Å². The summed E-state index contributed by atoms with van der Waals surface area (Å²) in [6.45, 7) is -1.03. The summed E-state index contributed by atoms with van der Waals surface area (Å²) in [5, 5.41) is -3.15. The molecule has 0 bridgehead atoms. The number of carbonyl (C=O) groups is 3. The molecule has 2 saturated heterocycles. The minimum atomic E-state index is -2.77. The Morgan fingerprint density at radius 1 is 0.720 bits per heavy atom. The van der Waals surface area contributed by atoms with E-state index in [2.05, 4.69) is 0 Å². The van der Waals surface area contributed by atoms with Crippen LogP contribution in [0.3, 0.4) is 0 Å². The highest BCUT2D eigenvalue weighted by molar-refractivity contribution is 5.92. The highest BCUT2D eigenvalue weighted by Crippen LogP contribution is 2.29. The Morgan fingerprint density at radius 3 is 1.36 bits per heavy atom. The molecule has 0 aliphatic carbocycles. The number of Topliss-reactive ketones (excluding diaryl/α,β-unsaturated/α-hetero) is 1. The predicted octanol–water partition coefficient (Wildman–Crippen LogP) is 0.375. The molecular weight excluding hydrogens is 352 g/mol. The largest absolute Gasteiger partial charge is 0.324 e. The monoisotopic (exact) mass is 372 g/mol. The summed E-state index contributed by atoms with van der Waals surface area (Å²) in [4.78, 5) is 37.4. The van der Waals surface area contributed by atoms with Crippen molar-refractivity contribution in [2.75, 3.05) is 54.4 Å². The maximum atomic E-state index is 12.4. The van der Waals surface area contributed by atoms with Gasteiger partial charge in [0, 0.05) is 28.2 Å². The maximum Gasteiger partial charge on any atom is 0.320 e. The number of amides is 4. The summed E-state index contributed by atoms with van der Waals surface area (Å²) in [5.41, 5.74) is -2.77. The van der Waals surface area contributed by atoms with Crippen molar-refractivity contribution in [3.05, 3.63) is 0 Å². The second kappa shape index (κ2) is 7.82. The number of hydrogen-bond acceptors (Lipinski definition) is 5. The number of likely N-dealkylation sites (N-methyl/N-ethyl adjacent to an activating group) is 4. The van der Waals surface area contributed by atoms with Gasteiger partial charge in [-0.25, -0.2) is 9.59 Å². The van der Waals surface area contributed by atoms with E-state index in [4.69, 9.17) is 0 Å². The van der Waals surface area contributed by atoms with Gasteiger partial charge in [-0.1, -0.05) is 17.9 Å². The molecule has 0 spiro atoms. The van der Waals surface area contributed by atoms with Crippen molar-refractivity contribution in [3.63, 3.8) is 0 Å². The first kappa shape index (κ1) is 20.9. The van der Waals surface area contributed by atoms with Crippen LogP contribution >= 0.6 is 0 Å². The van der Waals surface area contributed by atoms with Crippen LogP contribution in [0.1, 0.15) is 0 Å². The molecule has 0 N–H and O–H groups in total. The number of urea groups is 2. The van der Waals surface area contributed by atoms with E-state index in [1.807, 2.05) is 0 Å². The fourth-order valence-electron chi connectivity index (χ4n) is 2.51. The fraction of sp³-hybridized carbons (Fsp3) is 0.750. The third kappa shape index (κ3) is 4.48. The van der Waals surface area contributed by atoms with Crippen molar-refractivity contribution in [3.8, 4) is 0 Å². The lowest BCUT2D eigenvalue weighted by atomic mass is 10.1. The smallest absolute Gasteiger partial charge is 0.320 e. The molecule has 0 aromatic rings. The van der Waals surface area contributed by atoms with E-state index in [9.17, 15) is 32.3 Å². The summed E-state index contributed by atoms with van der Waals surface area (Å²) < 4.78 is 49.8. The van der Waals surface area contributed by atoms with Crippen molar-refractivity contribution in [1.29, 1.82) is 0 Å². The first-order valence-corrected chi connectivity index (χ1v) is 7.10. The Labute approximate surface area is 141 Å². The Bertz CT molecular complexity index is 495. The minimum Gasteiger partial charge on any atom is -0.324 e. The minimum absolute atomic E-state index is 0.0837. The number of halogens is 4. The molecule has 9 nitrogen and oxygen atoms in total. The second-order valence-electron chi connectivity index (χ2n) is 5.98. The predicted molar refractivity (Wildman–Crippen MR) is 77.2 cm³/mol.